The van der Waals surface area contributed by atoms with E-state index in [2.05, 4.69) is 5.32 Å². The number of hydrogen-bond donors (Lipinski definition) is 2. The minimum absolute atomic E-state index is 0.128. The standard InChI is InChI=1S/C16H14F2N2O3S/c17-13-5-2-6-14(18)15(13)20-24(22,23)12-4-1-3-10(9-12)16(21)19-11-7-8-11/h1-6,9,11,20H,7-8H2,(H,19,21). The minimum Gasteiger partial charge on any atom is -0.349 e. The van der Waals surface area contributed by atoms with Gasteiger partial charge < -0.3 is 5.32 Å². The van der Waals surface area contributed by atoms with E-state index in [1.807, 2.05) is 4.72 Å². The van der Waals surface area contributed by atoms with Crippen LogP contribution in [0.15, 0.2) is 47.4 Å². The second-order valence-corrected chi connectivity index (χ2v) is 7.16. The fourth-order valence-corrected chi connectivity index (χ4v) is 3.21. The number of carbonyl (C=O) groups excluding carboxylic acids is 1. The number of carbonyl (C=O) groups is 1. The largest absolute Gasteiger partial charge is 0.349 e. The normalized spacial score (nSPS) is 14.2. The van der Waals surface area contributed by atoms with Gasteiger partial charge in [0.25, 0.3) is 15.9 Å². The molecule has 0 saturated heterocycles. The lowest BCUT2D eigenvalue weighted by molar-refractivity contribution is 0.0951. The molecule has 0 unspecified atom stereocenters. The van der Waals surface area contributed by atoms with Crippen LogP contribution in [0.25, 0.3) is 0 Å². The molecule has 0 radical (unpaired) electrons. The Labute approximate surface area is 137 Å². The van der Waals surface area contributed by atoms with Crippen LogP contribution in [0.5, 0.6) is 0 Å². The molecule has 2 aromatic carbocycles. The molecule has 8 heteroatoms. The van der Waals surface area contributed by atoms with E-state index in [1.165, 1.54) is 24.3 Å². The predicted molar refractivity (Wildman–Crippen MR) is 84.1 cm³/mol. The van der Waals surface area contributed by atoms with Crippen molar-refractivity contribution in [3.63, 3.8) is 0 Å². The Morgan fingerprint density at radius 2 is 1.67 bits per heavy atom. The molecule has 3 rings (SSSR count). The molecule has 0 aromatic heterocycles. The van der Waals surface area contributed by atoms with Crippen LogP contribution in [-0.4, -0.2) is 20.4 Å². The highest BCUT2D eigenvalue weighted by atomic mass is 32.2. The summed E-state index contributed by atoms with van der Waals surface area (Å²) in [6.07, 6.45) is 1.80. The Morgan fingerprint density at radius 1 is 1.04 bits per heavy atom. The van der Waals surface area contributed by atoms with Gasteiger partial charge >= 0.3 is 0 Å². The summed E-state index contributed by atoms with van der Waals surface area (Å²) in [5.41, 5.74) is -0.593. The molecule has 0 atom stereocenters. The van der Waals surface area contributed by atoms with E-state index in [4.69, 9.17) is 0 Å². The Kier molecular flexibility index (Phi) is 4.23. The first kappa shape index (κ1) is 16.4. The van der Waals surface area contributed by atoms with Crippen molar-refractivity contribution < 1.29 is 22.0 Å². The molecule has 1 fully saturated rings. The first-order chi connectivity index (χ1) is 11.4. The molecule has 1 aliphatic carbocycles. The molecule has 2 aromatic rings. The van der Waals surface area contributed by atoms with Crippen molar-refractivity contribution in [3.05, 3.63) is 59.7 Å². The summed E-state index contributed by atoms with van der Waals surface area (Å²) in [4.78, 5) is 11.7. The van der Waals surface area contributed by atoms with Crippen molar-refractivity contribution in [1.82, 2.24) is 5.32 Å². The summed E-state index contributed by atoms with van der Waals surface area (Å²) in [6.45, 7) is 0. The number of para-hydroxylation sites is 1. The number of hydrogen-bond acceptors (Lipinski definition) is 3. The van der Waals surface area contributed by atoms with Crippen molar-refractivity contribution in [3.8, 4) is 0 Å². The van der Waals surface area contributed by atoms with Crippen LogP contribution in [0.1, 0.15) is 23.2 Å². The Bertz CT molecular complexity index is 876. The zero-order chi connectivity index (χ0) is 17.3. The van der Waals surface area contributed by atoms with Crippen molar-refractivity contribution in [2.75, 3.05) is 4.72 Å². The monoisotopic (exact) mass is 352 g/mol. The maximum Gasteiger partial charge on any atom is 0.262 e. The molecule has 1 saturated carbocycles. The maximum atomic E-state index is 13.6. The Morgan fingerprint density at radius 3 is 2.29 bits per heavy atom. The number of anilines is 1. The summed E-state index contributed by atoms with van der Waals surface area (Å²) < 4.78 is 53.8. The molecule has 0 aliphatic heterocycles. The molecule has 126 valence electrons. The van der Waals surface area contributed by atoms with E-state index in [0.717, 1.165) is 31.0 Å². The zero-order valence-corrected chi connectivity index (χ0v) is 13.2. The summed E-state index contributed by atoms with van der Waals surface area (Å²) in [7, 11) is -4.24. The third-order valence-corrected chi connectivity index (χ3v) is 4.87. The van der Waals surface area contributed by atoms with E-state index < -0.39 is 27.3 Å². The number of rotatable bonds is 5. The lowest BCUT2D eigenvalue weighted by atomic mass is 10.2. The summed E-state index contributed by atoms with van der Waals surface area (Å²) in [5.74, 6) is -2.44. The van der Waals surface area contributed by atoms with Gasteiger partial charge in [0.15, 0.2) is 0 Å². The van der Waals surface area contributed by atoms with Gasteiger partial charge in [-0.1, -0.05) is 12.1 Å². The van der Waals surface area contributed by atoms with E-state index >= 15 is 0 Å². The van der Waals surface area contributed by atoms with Crippen LogP contribution in [0, 0.1) is 11.6 Å². The van der Waals surface area contributed by atoms with Crippen molar-refractivity contribution >= 4 is 21.6 Å². The van der Waals surface area contributed by atoms with Crippen LogP contribution < -0.4 is 10.0 Å². The molecule has 5 nitrogen and oxygen atoms in total. The van der Waals surface area contributed by atoms with Gasteiger partial charge in [-0.3, -0.25) is 9.52 Å². The molecule has 1 aliphatic rings. The first-order valence-electron chi connectivity index (χ1n) is 7.24. The molecule has 2 N–H and O–H groups in total. The smallest absolute Gasteiger partial charge is 0.262 e. The van der Waals surface area contributed by atoms with Crippen LogP contribution in [-0.2, 0) is 10.0 Å². The van der Waals surface area contributed by atoms with E-state index in [0.29, 0.717) is 0 Å². The van der Waals surface area contributed by atoms with Gasteiger partial charge in [0, 0.05) is 11.6 Å². The van der Waals surface area contributed by atoms with Crippen LogP contribution in [0.4, 0.5) is 14.5 Å². The first-order valence-corrected chi connectivity index (χ1v) is 8.73. The number of nitrogens with one attached hydrogen (secondary N) is 2. The average molecular weight is 352 g/mol. The molecule has 0 spiro atoms. The van der Waals surface area contributed by atoms with Crippen LogP contribution >= 0.6 is 0 Å². The van der Waals surface area contributed by atoms with E-state index in [9.17, 15) is 22.0 Å². The summed E-state index contributed by atoms with van der Waals surface area (Å²) in [5, 5.41) is 2.74. The lowest BCUT2D eigenvalue weighted by Gasteiger charge is -2.11. The van der Waals surface area contributed by atoms with Gasteiger partial charge in [0.05, 0.1) is 4.90 Å². The van der Waals surface area contributed by atoms with Crippen molar-refractivity contribution in [2.24, 2.45) is 0 Å². The molecule has 0 bridgehead atoms. The number of benzene rings is 2. The highest BCUT2D eigenvalue weighted by Crippen LogP contribution is 2.23. The third-order valence-electron chi connectivity index (χ3n) is 3.52. The Hall–Kier alpha value is -2.48. The number of amides is 1. The molecular formula is C16H14F2N2O3S. The van der Waals surface area contributed by atoms with Gasteiger partial charge in [-0.25, -0.2) is 17.2 Å². The van der Waals surface area contributed by atoms with Gasteiger partial charge in [-0.2, -0.15) is 0 Å². The van der Waals surface area contributed by atoms with Gasteiger partial charge in [0.1, 0.15) is 17.3 Å². The van der Waals surface area contributed by atoms with Crippen LogP contribution in [0.2, 0.25) is 0 Å². The fraction of sp³-hybridized carbons (Fsp3) is 0.188. The quantitative estimate of drug-likeness (QED) is 0.869. The Balaban J connectivity index is 1.88. The summed E-state index contributed by atoms with van der Waals surface area (Å²) in [6, 6.07) is 8.43. The van der Waals surface area contributed by atoms with E-state index in [-0.39, 0.29) is 22.4 Å². The molecular weight excluding hydrogens is 338 g/mol. The maximum absolute atomic E-state index is 13.6. The summed E-state index contributed by atoms with van der Waals surface area (Å²) >= 11 is 0. The second-order valence-electron chi connectivity index (χ2n) is 5.48. The molecule has 1 amide bonds. The van der Waals surface area contributed by atoms with Gasteiger partial charge in [0.2, 0.25) is 0 Å². The minimum atomic E-state index is -4.24. The lowest BCUT2D eigenvalue weighted by Crippen LogP contribution is -2.25. The molecule has 0 heterocycles. The third kappa shape index (κ3) is 3.53. The van der Waals surface area contributed by atoms with Crippen LogP contribution in [0.3, 0.4) is 0 Å². The zero-order valence-electron chi connectivity index (χ0n) is 12.4. The van der Waals surface area contributed by atoms with Gasteiger partial charge in [-0.15, -0.1) is 0 Å². The fourth-order valence-electron chi connectivity index (χ4n) is 2.09. The highest BCUT2D eigenvalue weighted by molar-refractivity contribution is 7.92. The SMILES string of the molecule is O=C(NC1CC1)c1cccc(S(=O)(=O)Nc2c(F)cccc2F)c1. The molecule has 24 heavy (non-hydrogen) atoms. The van der Waals surface area contributed by atoms with Crippen molar-refractivity contribution in [2.45, 2.75) is 23.8 Å². The number of halogens is 2. The average Bonchev–Trinajstić information content (AvgIpc) is 3.35. The van der Waals surface area contributed by atoms with Crippen molar-refractivity contribution in [1.29, 1.82) is 0 Å². The van der Waals surface area contributed by atoms with E-state index in [1.54, 1.807) is 0 Å². The predicted octanol–water partition coefficient (Wildman–Crippen LogP) is 2.66. The number of sulfonamides is 1. The highest BCUT2D eigenvalue weighted by Gasteiger charge is 2.25. The van der Waals surface area contributed by atoms with Gasteiger partial charge in [-0.05, 0) is 43.2 Å². The topological polar surface area (TPSA) is 75.3 Å². The second kappa shape index (κ2) is 6.20.